The molecule has 0 aromatic rings. The molecule has 1 unspecified atom stereocenters. The van der Waals surface area contributed by atoms with E-state index in [1.807, 2.05) is 11.8 Å². The summed E-state index contributed by atoms with van der Waals surface area (Å²) in [6.45, 7) is 2.90. The van der Waals surface area contributed by atoms with Gasteiger partial charge in [-0.05, 0) is 13.2 Å². The van der Waals surface area contributed by atoms with Crippen LogP contribution in [0.4, 0.5) is 0 Å². The van der Waals surface area contributed by atoms with Crippen molar-refractivity contribution in [3.05, 3.63) is 0 Å². The fraction of sp³-hybridized carbons (Fsp3) is 1.00. The highest BCUT2D eigenvalue weighted by molar-refractivity contribution is 7.98. The molecule has 0 spiro atoms. The molecule has 0 aromatic carbocycles. The van der Waals surface area contributed by atoms with E-state index in [2.05, 4.69) is 18.5 Å². The van der Waals surface area contributed by atoms with E-state index in [1.165, 1.54) is 0 Å². The van der Waals surface area contributed by atoms with Crippen LogP contribution < -0.4 is 5.32 Å². The van der Waals surface area contributed by atoms with Gasteiger partial charge in [0.2, 0.25) is 0 Å². The lowest BCUT2D eigenvalue weighted by Crippen LogP contribution is -2.36. The lowest BCUT2D eigenvalue weighted by Gasteiger charge is -2.17. The second-order valence-electron chi connectivity index (χ2n) is 2.67. The van der Waals surface area contributed by atoms with E-state index < -0.39 is 0 Å². The molecule has 3 nitrogen and oxygen atoms in total. The lowest BCUT2D eigenvalue weighted by molar-refractivity contribution is -0.0994. The molecule has 0 saturated heterocycles. The Bertz CT molecular complexity index is 99.1. The van der Waals surface area contributed by atoms with Crippen LogP contribution in [-0.2, 0) is 9.47 Å². The van der Waals surface area contributed by atoms with Gasteiger partial charge in [0.05, 0.1) is 0 Å². The molecule has 0 fully saturated rings. The van der Waals surface area contributed by atoms with Gasteiger partial charge in [0.25, 0.3) is 0 Å². The average Bonchev–Trinajstić information content (AvgIpc) is 2.07. The molecule has 1 N–H and O–H groups in total. The van der Waals surface area contributed by atoms with Gasteiger partial charge in [0, 0.05) is 32.6 Å². The van der Waals surface area contributed by atoms with Crippen LogP contribution in [0.1, 0.15) is 6.92 Å². The minimum absolute atomic E-state index is 0.130. The van der Waals surface area contributed by atoms with Crippen molar-refractivity contribution < 1.29 is 9.47 Å². The molecule has 12 heavy (non-hydrogen) atoms. The average molecular weight is 193 g/mol. The van der Waals surface area contributed by atoms with Crippen LogP contribution in [0.5, 0.6) is 0 Å². The summed E-state index contributed by atoms with van der Waals surface area (Å²) >= 11 is 1.83. The predicted octanol–water partition coefficient (Wildman–Crippen LogP) is 0.946. The largest absolute Gasteiger partial charge is 0.355 e. The van der Waals surface area contributed by atoms with Gasteiger partial charge in [0.1, 0.15) is 0 Å². The van der Waals surface area contributed by atoms with Gasteiger partial charge in [-0.2, -0.15) is 11.8 Å². The van der Waals surface area contributed by atoms with Crippen molar-refractivity contribution in [2.24, 2.45) is 0 Å². The topological polar surface area (TPSA) is 30.5 Å². The van der Waals surface area contributed by atoms with Crippen molar-refractivity contribution in [1.29, 1.82) is 0 Å². The van der Waals surface area contributed by atoms with Crippen LogP contribution in [0.25, 0.3) is 0 Å². The Morgan fingerprint density at radius 2 is 1.92 bits per heavy atom. The van der Waals surface area contributed by atoms with Gasteiger partial charge in [-0.3, -0.25) is 0 Å². The number of methoxy groups -OCH3 is 2. The first-order chi connectivity index (χ1) is 5.74. The summed E-state index contributed by atoms with van der Waals surface area (Å²) in [5.41, 5.74) is 0. The molecule has 0 rings (SSSR count). The van der Waals surface area contributed by atoms with Crippen LogP contribution in [0.3, 0.4) is 0 Å². The highest BCUT2D eigenvalue weighted by Crippen LogP contribution is 1.96. The number of hydrogen-bond acceptors (Lipinski definition) is 4. The summed E-state index contributed by atoms with van der Waals surface area (Å²) in [6.07, 6.45) is 1.97. The van der Waals surface area contributed by atoms with Gasteiger partial charge in [0.15, 0.2) is 6.29 Å². The Hall–Kier alpha value is 0.230. The van der Waals surface area contributed by atoms with Crippen molar-refractivity contribution in [1.82, 2.24) is 5.32 Å². The molecule has 0 saturated carbocycles. The standard InChI is InChI=1S/C8H19NO2S/c1-7(6-12-4)9-5-8(10-2)11-3/h7-9H,5-6H2,1-4H3. The van der Waals surface area contributed by atoms with Crippen molar-refractivity contribution >= 4 is 11.8 Å². The van der Waals surface area contributed by atoms with E-state index in [1.54, 1.807) is 14.2 Å². The molecule has 4 heteroatoms. The summed E-state index contributed by atoms with van der Waals surface area (Å²) in [6, 6.07) is 0.507. The molecule has 0 heterocycles. The minimum Gasteiger partial charge on any atom is -0.355 e. The summed E-state index contributed by atoms with van der Waals surface area (Å²) in [4.78, 5) is 0. The van der Waals surface area contributed by atoms with Crippen molar-refractivity contribution in [3.8, 4) is 0 Å². The zero-order valence-electron chi connectivity index (χ0n) is 8.29. The van der Waals surface area contributed by atoms with E-state index >= 15 is 0 Å². The Labute approximate surface area is 79.2 Å². The number of hydrogen-bond donors (Lipinski definition) is 1. The first kappa shape index (κ1) is 12.2. The maximum Gasteiger partial charge on any atom is 0.169 e. The van der Waals surface area contributed by atoms with Gasteiger partial charge in [-0.25, -0.2) is 0 Å². The van der Waals surface area contributed by atoms with E-state index in [0.29, 0.717) is 6.04 Å². The van der Waals surface area contributed by atoms with Crippen LogP contribution in [-0.4, -0.2) is 45.1 Å². The molecule has 74 valence electrons. The Morgan fingerprint density at radius 1 is 1.33 bits per heavy atom. The zero-order valence-corrected chi connectivity index (χ0v) is 9.11. The van der Waals surface area contributed by atoms with Gasteiger partial charge < -0.3 is 14.8 Å². The normalized spacial score (nSPS) is 13.8. The minimum atomic E-state index is -0.130. The van der Waals surface area contributed by atoms with Crippen LogP contribution in [0.15, 0.2) is 0 Å². The summed E-state index contributed by atoms with van der Waals surface area (Å²) in [5.74, 6) is 1.11. The Kier molecular flexibility index (Phi) is 8.01. The van der Waals surface area contributed by atoms with E-state index in [4.69, 9.17) is 9.47 Å². The van der Waals surface area contributed by atoms with Crippen LogP contribution in [0, 0.1) is 0 Å². The number of ether oxygens (including phenoxy) is 2. The second kappa shape index (κ2) is 7.86. The smallest absolute Gasteiger partial charge is 0.169 e. The van der Waals surface area contributed by atoms with Crippen molar-refractivity contribution in [3.63, 3.8) is 0 Å². The molecule has 0 bridgehead atoms. The zero-order chi connectivity index (χ0) is 9.40. The van der Waals surface area contributed by atoms with Gasteiger partial charge in [-0.1, -0.05) is 0 Å². The predicted molar refractivity (Wildman–Crippen MR) is 53.7 cm³/mol. The molecule has 0 aromatic heterocycles. The van der Waals surface area contributed by atoms with Crippen LogP contribution in [0.2, 0.25) is 0 Å². The SMILES string of the molecule is COC(CNC(C)CSC)OC. The second-order valence-corrected chi connectivity index (χ2v) is 3.58. The number of nitrogens with one attached hydrogen (secondary N) is 1. The molecule has 0 aliphatic heterocycles. The maximum absolute atomic E-state index is 5.04. The number of thioether (sulfide) groups is 1. The molecular weight excluding hydrogens is 174 g/mol. The first-order valence-corrected chi connectivity index (χ1v) is 5.41. The van der Waals surface area contributed by atoms with E-state index in [0.717, 1.165) is 12.3 Å². The molecule has 1 atom stereocenters. The quantitative estimate of drug-likeness (QED) is 0.610. The summed E-state index contributed by atoms with van der Waals surface area (Å²) in [7, 11) is 3.30. The number of rotatable bonds is 7. The molecule has 0 radical (unpaired) electrons. The van der Waals surface area contributed by atoms with Gasteiger partial charge >= 0.3 is 0 Å². The van der Waals surface area contributed by atoms with E-state index in [-0.39, 0.29) is 6.29 Å². The van der Waals surface area contributed by atoms with Gasteiger partial charge in [-0.15, -0.1) is 0 Å². The molecule has 0 aliphatic rings. The highest BCUT2D eigenvalue weighted by atomic mass is 32.2. The first-order valence-electron chi connectivity index (χ1n) is 4.02. The lowest BCUT2D eigenvalue weighted by atomic mass is 10.4. The fourth-order valence-corrected chi connectivity index (χ4v) is 1.49. The summed E-state index contributed by atoms with van der Waals surface area (Å²) in [5, 5.41) is 3.31. The maximum atomic E-state index is 5.04. The highest BCUT2D eigenvalue weighted by Gasteiger charge is 2.06. The molecule has 0 aliphatic carbocycles. The van der Waals surface area contributed by atoms with Crippen LogP contribution >= 0.6 is 11.8 Å². The van der Waals surface area contributed by atoms with Crippen molar-refractivity contribution in [2.45, 2.75) is 19.3 Å². The van der Waals surface area contributed by atoms with E-state index in [9.17, 15) is 0 Å². The fourth-order valence-electron chi connectivity index (χ4n) is 0.869. The van der Waals surface area contributed by atoms with Crippen molar-refractivity contribution in [2.75, 3.05) is 32.8 Å². The third kappa shape index (κ3) is 5.83. The molecular formula is C8H19NO2S. The molecule has 0 amide bonds. The third-order valence-electron chi connectivity index (χ3n) is 1.58. The monoisotopic (exact) mass is 193 g/mol. The Balaban J connectivity index is 3.37. The summed E-state index contributed by atoms with van der Waals surface area (Å²) < 4.78 is 10.1. The Morgan fingerprint density at radius 3 is 2.33 bits per heavy atom. The third-order valence-corrected chi connectivity index (χ3v) is 2.41.